The summed E-state index contributed by atoms with van der Waals surface area (Å²) >= 11 is 5.71. The SMILES string of the molecule is CCCCCCOc1ccccc1C1NC(=S)N(CCC)C(C)=C1C(=O)c1ccccc1. The van der Waals surface area contributed by atoms with Crippen molar-refractivity contribution in [2.75, 3.05) is 13.2 Å². The number of unbranched alkanes of at least 4 members (excludes halogenated alkanes) is 3. The van der Waals surface area contributed by atoms with E-state index < -0.39 is 0 Å². The Hall–Kier alpha value is -2.66. The topological polar surface area (TPSA) is 41.6 Å². The van der Waals surface area contributed by atoms with Crippen molar-refractivity contribution in [3.63, 3.8) is 0 Å². The average molecular weight is 451 g/mol. The van der Waals surface area contributed by atoms with Gasteiger partial charge in [0.05, 0.1) is 12.6 Å². The standard InChI is InChI=1S/C27H34N2O2S/c1-4-6-7-13-19-31-23-17-12-11-16-22(23)25-24(26(30)21-14-9-8-10-15-21)20(3)29(18-5-2)27(32)28-25/h8-12,14-17,25H,4-7,13,18-19H2,1-3H3,(H,28,32). The van der Waals surface area contributed by atoms with E-state index >= 15 is 0 Å². The molecule has 0 radical (unpaired) electrons. The number of allylic oxidation sites excluding steroid dienone is 1. The van der Waals surface area contributed by atoms with Crippen molar-refractivity contribution in [3.8, 4) is 5.75 Å². The third-order valence-corrected chi connectivity index (χ3v) is 6.15. The number of ether oxygens (including phenoxy) is 1. The zero-order chi connectivity index (χ0) is 22.9. The number of benzene rings is 2. The number of para-hydroxylation sites is 1. The summed E-state index contributed by atoms with van der Waals surface area (Å²) < 4.78 is 6.18. The van der Waals surface area contributed by atoms with Gasteiger partial charge in [-0.2, -0.15) is 0 Å². The fourth-order valence-electron chi connectivity index (χ4n) is 4.11. The monoisotopic (exact) mass is 450 g/mol. The molecular weight excluding hydrogens is 416 g/mol. The van der Waals surface area contributed by atoms with Crippen LogP contribution in [0.5, 0.6) is 5.75 Å². The molecule has 0 spiro atoms. The fourth-order valence-corrected chi connectivity index (χ4v) is 4.45. The van der Waals surface area contributed by atoms with E-state index in [1.807, 2.05) is 66.4 Å². The van der Waals surface area contributed by atoms with Crippen LogP contribution in [0.2, 0.25) is 0 Å². The van der Waals surface area contributed by atoms with Crippen LogP contribution in [-0.2, 0) is 0 Å². The van der Waals surface area contributed by atoms with Gasteiger partial charge in [0.15, 0.2) is 10.9 Å². The molecule has 0 aromatic heterocycles. The number of Topliss-reactive ketones (excluding diaryl/α,β-unsaturated/α-hetero) is 1. The van der Waals surface area contributed by atoms with Gasteiger partial charge in [0.25, 0.3) is 0 Å². The zero-order valence-corrected chi connectivity index (χ0v) is 20.2. The molecule has 0 bridgehead atoms. The van der Waals surface area contributed by atoms with Gasteiger partial charge >= 0.3 is 0 Å². The van der Waals surface area contributed by atoms with Crippen molar-refractivity contribution in [2.45, 2.75) is 58.9 Å². The number of nitrogens with zero attached hydrogens (tertiary/aromatic N) is 1. The third kappa shape index (κ3) is 5.57. The summed E-state index contributed by atoms with van der Waals surface area (Å²) in [6.45, 7) is 7.75. The minimum absolute atomic E-state index is 0.0157. The Labute approximate surface area is 197 Å². The molecule has 1 aliphatic heterocycles. The van der Waals surface area contributed by atoms with Gasteiger partial charge in [0, 0.05) is 28.9 Å². The van der Waals surface area contributed by atoms with E-state index in [2.05, 4.69) is 19.2 Å². The van der Waals surface area contributed by atoms with Gasteiger partial charge in [-0.05, 0) is 38.0 Å². The lowest BCUT2D eigenvalue weighted by Crippen LogP contribution is -2.48. The number of ketones is 1. The highest BCUT2D eigenvalue weighted by Gasteiger charge is 2.35. The molecule has 2 aromatic carbocycles. The lowest BCUT2D eigenvalue weighted by Gasteiger charge is -2.38. The molecule has 1 N–H and O–H groups in total. The molecule has 1 unspecified atom stereocenters. The number of hydrogen-bond donors (Lipinski definition) is 1. The van der Waals surface area contributed by atoms with Crippen molar-refractivity contribution in [2.24, 2.45) is 0 Å². The van der Waals surface area contributed by atoms with Crippen LogP contribution in [0.25, 0.3) is 0 Å². The number of carbonyl (C=O) groups is 1. The first-order valence-electron chi connectivity index (χ1n) is 11.7. The van der Waals surface area contributed by atoms with E-state index in [1.54, 1.807) is 0 Å². The molecule has 1 heterocycles. The van der Waals surface area contributed by atoms with Crippen LogP contribution in [0.15, 0.2) is 65.9 Å². The normalized spacial score (nSPS) is 16.2. The Morgan fingerprint density at radius 1 is 1.00 bits per heavy atom. The van der Waals surface area contributed by atoms with E-state index in [-0.39, 0.29) is 11.8 Å². The molecule has 0 fully saturated rings. The average Bonchev–Trinajstić information content (AvgIpc) is 2.82. The molecule has 0 amide bonds. The van der Waals surface area contributed by atoms with E-state index in [1.165, 1.54) is 12.8 Å². The molecule has 32 heavy (non-hydrogen) atoms. The predicted octanol–water partition coefficient (Wildman–Crippen LogP) is 6.44. The van der Waals surface area contributed by atoms with Gasteiger partial charge in [-0.15, -0.1) is 0 Å². The Morgan fingerprint density at radius 3 is 2.44 bits per heavy atom. The molecule has 3 rings (SSSR count). The van der Waals surface area contributed by atoms with Crippen LogP contribution in [0.4, 0.5) is 0 Å². The smallest absolute Gasteiger partial charge is 0.193 e. The summed E-state index contributed by atoms with van der Waals surface area (Å²) in [6.07, 6.45) is 5.53. The number of carbonyl (C=O) groups excluding carboxylic acids is 1. The van der Waals surface area contributed by atoms with E-state index in [0.29, 0.717) is 17.3 Å². The van der Waals surface area contributed by atoms with Gasteiger partial charge in [0.2, 0.25) is 0 Å². The Balaban J connectivity index is 1.99. The lowest BCUT2D eigenvalue weighted by molar-refractivity contribution is 0.102. The summed E-state index contributed by atoms with van der Waals surface area (Å²) in [5.74, 6) is 0.821. The van der Waals surface area contributed by atoms with Crippen molar-refractivity contribution >= 4 is 23.1 Å². The molecule has 1 aliphatic rings. The highest BCUT2D eigenvalue weighted by atomic mass is 32.1. The summed E-state index contributed by atoms with van der Waals surface area (Å²) in [5.41, 5.74) is 3.25. The molecule has 1 atom stereocenters. The maximum Gasteiger partial charge on any atom is 0.193 e. The number of thiocarbonyl (C=S) groups is 1. The third-order valence-electron chi connectivity index (χ3n) is 5.81. The minimum Gasteiger partial charge on any atom is -0.493 e. The van der Waals surface area contributed by atoms with Crippen molar-refractivity contribution < 1.29 is 9.53 Å². The van der Waals surface area contributed by atoms with Gasteiger partial charge < -0.3 is 15.0 Å². The largest absolute Gasteiger partial charge is 0.493 e. The van der Waals surface area contributed by atoms with Crippen LogP contribution in [-0.4, -0.2) is 28.9 Å². The second-order valence-electron chi connectivity index (χ2n) is 8.18. The molecule has 5 heteroatoms. The number of rotatable bonds is 11. The van der Waals surface area contributed by atoms with Crippen molar-refractivity contribution in [1.82, 2.24) is 10.2 Å². The first kappa shape index (κ1) is 24.0. The summed E-state index contributed by atoms with van der Waals surface area (Å²) in [6, 6.07) is 17.1. The summed E-state index contributed by atoms with van der Waals surface area (Å²) in [7, 11) is 0. The molecule has 0 saturated heterocycles. The van der Waals surface area contributed by atoms with Crippen LogP contribution < -0.4 is 10.1 Å². The van der Waals surface area contributed by atoms with Gasteiger partial charge in [0.1, 0.15) is 5.75 Å². The maximum atomic E-state index is 13.7. The second-order valence-corrected chi connectivity index (χ2v) is 8.56. The predicted molar refractivity (Wildman–Crippen MR) is 135 cm³/mol. The van der Waals surface area contributed by atoms with Crippen LogP contribution in [0.3, 0.4) is 0 Å². The van der Waals surface area contributed by atoms with Crippen LogP contribution in [0.1, 0.15) is 74.8 Å². The highest BCUT2D eigenvalue weighted by molar-refractivity contribution is 7.80. The van der Waals surface area contributed by atoms with E-state index in [9.17, 15) is 4.79 Å². The molecule has 4 nitrogen and oxygen atoms in total. The molecule has 170 valence electrons. The Kier molecular flexibility index (Phi) is 8.86. The van der Waals surface area contributed by atoms with E-state index in [0.717, 1.165) is 48.4 Å². The molecule has 2 aromatic rings. The van der Waals surface area contributed by atoms with Gasteiger partial charge in [-0.1, -0.05) is 81.6 Å². The van der Waals surface area contributed by atoms with Crippen molar-refractivity contribution in [1.29, 1.82) is 0 Å². The first-order valence-corrected chi connectivity index (χ1v) is 12.1. The van der Waals surface area contributed by atoms with E-state index in [4.69, 9.17) is 17.0 Å². The summed E-state index contributed by atoms with van der Waals surface area (Å²) in [5, 5.41) is 4.10. The van der Waals surface area contributed by atoms with Gasteiger partial charge in [-0.3, -0.25) is 4.79 Å². The van der Waals surface area contributed by atoms with Gasteiger partial charge in [-0.25, -0.2) is 0 Å². The number of hydrogen-bond acceptors (Lipinski definition) is 3. The lowest BCUT2D eigenvalue weighted by atomic mass is 9.88. The fraction of sp³-hybridized carbons (Fsp3) is 0.407. The molecule has 0 aliphatic carbocycles. The first-order chi connectivity index (χ1) is 15.6. The molecular formula is C27H34N2O2S. The van der Waals surface area contributed by atoms with Crippen LogP contribution >= 0.6 is 12.2 Å². The van der Waals surface area contributed by atoms with Crippen molar-refractivity contribution in [3.05, 3.63) is 77.0 Å². The Morgan fingerprint density at radius 2 is 1.72 bits per heavy atom. The quantitative estimate of drug-likeness (QED) is 0.242. The highest BCUT2D eigenvalue weighted by Crippen LogP contribution is 2.37. The minimum atomic E-state index is -0.352. The molecule has 0 saturated carbocycles. The Bertz CT molecular complexity index is 955. The second kappa shape index (κ2) is 11.8. The van der Waals surface area contributed by atoms with Crippen LogP contribution in [0, 0.1) is 0 Å². The number of nitrogens with one attached hydrogen (secondary N) is 1. The summed E-state index contributed by atoms with van der Waals surface area (Å²) in [4.78, 5) is 15.7. The maximum absolute atomic E-state index is 13.7. The zero-order valence-electron chi connectivity index (χ0n) is 19.4.